The summed E-state index contributed by atoms with van der Waals surface area (Å²) in [7, 11) is 0. The molecule has 186 valence electrons. The Balaban J connectivity index is 2.49. The Hall–Kier alpha value is -3.08. The number of hydrogen-bond donors (Lipinski definition) is 2. The lowest BCUT2D eigenvalue weighted by atomic mass is 10.1. The normalized spacial score (nSPS) is 12.3. The number of para-hydroxylation sites is 1. The number of carbonyl (C=O) groups excluding carboxylic acids is 2. The summed E-state index contributed by atoms with van der Waals surface area (Å²) >= 11 is 5.87. The van der Waals surface area contributed by atoms with E-state index in [1.54, 1.807) is 20.8 Å². The van der Waals surface area contributed by atoms with Gasteiger partial charge in [-0.15, -0.1) is 0 Å². The summed E-state index contributed by atoms with van der Waals surface area (Å²) in [5.74, 6) is -3.89. The van der Waals surface area contributed by atoms with Gasteiger partial charge in [0.15, 0.2) is 6.10 Å². The molecule has 12 heteroatoms. The number of benzene rings is 2. The Morgan fingerprint density at radius 2 is 1.74 bits per heavy atom. The molecule has 0 aliphatic rings. The number of carbonyl (C=O) groups is 2. The maximum atomic E-state index is 14.8. The van der Waals surface area contributed by atoms with E-state index in [0.717, 1.165) is 12.1 Å². The molecule has 3 amide bonds. The minimum absolute atomic E-state index is 0.183. The lowest BCUT2D eigenvalue weighted by Crippen LogP contribution is -2.40. The highest BCUT2D eigenvalue weighted by Gasteiger charge is 2.39. The van der Waals surface area contributed by atoms with Gasteiger partial charge < -0.3 is 20.3 Å². The van der Waals surface area contributed by atoms with Crippen LogP contribution in [0.1, 0.15) is 38.1 Å². The molecule has 0 spiro atoms. The first-order chi connectivity index (χ1) is 15.8. The molecule has 0 unspecified atom stereocenters. The van der Waals surface area contributed by atoms with Crippen LogP contribution in [0.15, 0.2) is 30.3 Å². The van der Waals surface area contributed by atoms with Crippen LogP contribution >= 0.6 is 11.6 Å². The van der Waals surface area contributed by atoms with Crippen LogP contribution < -0.4 is 15.4 Å². The number of ether oxygens (including phenoxy) is 1. The Kier molecular flexibility index (Phi) is 8.71. The van der Waals surface area contributed by atoms with Crippen molar-refractivity contribution in [2.75, 3.05) is 17.2 Å². The van der Waals surface area contributed by atoms with Gasteiger partial charge >= 0.3 is 12.2 Å². The molecule has 34 heavy (non-hydrogen) atoms. The predicted molar refractivity (Wildman–Crippen MR) is 118 cm³/mol. The number of hydrogen-bond acceptors (Lipinski definition) is 3. The maximum Gasteiger partial charge on any atom is 0.425 e. The van der Waals surface area contributed by atoms with E-state index < -0.39 is 58.5 Å². The van der Waals surface area contributed by atoms with Crippen LogP contribution in [0.2, 0.25) is 5.02 Å². The molecule has 0 saturated carbocycles. The summed E-state index contributed by atoms with van der Waals surface area (Å²) < 4.78 is 73.1. The van der Waals surface area contributed by atoms with Gasteiger partial charge in [-0.25, -0.2) is 13.6 Å². The number of halogens is 6. The van der Waals surface area contributed by atoms with Crippen molar-refractivity contribution in [3.63, 3.8) is 0 Å². The molecule has 2 aromatic rings. The SMILES string of the molecule is CCN(C(=O)Nc1cc(O[C@@H](C)C(F)(F)F)c(C(=O)Nc2c(F)cccc2Cl)cc1F)C(C)C. The molecule has 2 N–H and O–H groups in total. The molecule has 0 aliphatic heterocycles. The zero-order valence-electron chi connectivity index (χ0n) is 18.7. The van der Waals surface area contributed by atoms with Crippen LogP contribution in [0.3, 0.4) is 0 Å². The summed E-state index contributed by atoms with van der Waals surface area (Å²) in [6.07, 6.45) is -7.19. The van der Waals surface area contributed by atoms with Crippen molar-refractivity contribution >= 4 is 34.9 Å². The maximum absolute atomic E-state index is 14.8. The molecule has 6 nitrogen and oxygen atoms in total. The molecule has 0 aliphatic carbocycles. The lowest BCUT2D eigenvalue weighted by molar-refractivity contribution is -0.189. The minimum atomic E-state index is -4.81. The van der Waals surface area contributed by atoms with E-state index in [1.807, 2.05) is 0 Å². The van der Waals surface area contributed by atoms with Crippen molar-refractivity contribution in [2.24, 2.45) is 0 Å². The Morgan fingerprint density at radius 1 is 1.09 bits per heavy atom. The largest absolute Gasteiger partial charge is 0.480 e. The first-order valence-electron chi connectivity index (χ1n) is 10.2. The van der Waals surface area contributed by atoms with Crippen molar-refractivity contribution in [1.82, 2.24) is 4.90 Å². The highest BCUT2D eigenvalue weighted by atomic mass is 35.5. The summed E-state index contributed by atoms with van der Waals surface area (Å²) in [5, 5.41) is 4.19. The molecule has 2 rings (SSSR count). The fraction of sp³-hybridized carbons (Fsp3) is 0.364. The Labute approximate surface area is 198 Å². The zero-order chi connectivity index (χ0) is 25.8. The van der Waals surface area contributed by atoms with Gasteiger partial charge in [0, 0.05) is 18.7 Å². The van der Waals surface area contributed by atoms with Gasteiger partial charge in [-0.2, -0.15) is 13.2 Å². The number of rotatable bonds is 7. The average molecular weight is 508 g/mol. The molecule has 0 fully saturated rings. The summed E-state index contributed by atoms with van der Waals surface area (Å²) in [5.41, 5.74) is -1.62. The van der Waals surface area contributed by atoms with Crippen LogP contribution in [0.4, 0.5) is 38.1 Å². The second-order valence-electron chi connectivity index (χ2n) is 7.49. The second kappa shape index (κ2) is 10.9. The van der Waals surface area contributed by atoms with E-state index in [4.69, 9.17) is 16.3 Å². The third-order valence-electron chi connectivity index (χ3n) is 4.75. The number of urea groups is 1. The van der Waals surface area contributed by atoms with Gasteiger partial charge in [-0.1, -0.05) is 17.7 Å². The topological polar surface area (TPSA) is 70.7 Å². The quantitative estimate of drug-likeness (QED) is 0.422. The number of anilines is 2. The fourth-order valence-electron chi connectivity index (χ4n) is 2.91. The molecule has 0 bridgehead atoms. The Bertz CT molecular complexity index is 1040. The lowest BCUT2D eigenvalue weighted by Gasteiger charge is -2.26. The number of nitrogens with one attached hydrogen (secondary N) is 2. The van der Waals surface area contributed by atoms with Crippen molar-refractivity contribution < 1.29 is 36.3 Å². The van der Waals surface area contributed by atoms with Gasteiger partial charge in [0.1, 0.15) is 17.4 Å². The summed E-state index contributed by atoms with van der Waals surface area (Å²) in [6.45, 7) is 6.11. The third kappa shape index (κ3) is 6.49. The predicted octanol–water partition coefficient (Wildman–Crippen LogP) is 6.46. The van der Waals surface area contributed by atoms with Gasteiger partial charge in [-0.05, 0) is 45.9 Å². The van der Waals surface area contributed by atoms with E-state index in [0.29, 0.717) is 13.0 Å². The highest BCUT2D eigenvalue weighted by Crippen LogP contribution is 2.33. The third-order valence-corrected chi connectivity index (χ3v) is 5.06. The second-order valence-corrected chi connectivity index (χ2v) is 7.90. The fourth-order valence-corrected chi connectivity index (χ4v) is 3.12. The summed E-state index contributed by atoms with van der Waals surface area (Å²) in [6, 6.07) is 3.95. The smallest absolute Gasteiger partial charge is 0.425 e. The van der Waals surface area contributed by atoms with E-state index >= 15 is 0 Å². The van der Waals surface area contributed by atoms with Crippen molar-refractivity contribution in [1.29, 1.82) is 0 Å². The van der Waals surface area contributed by atoms with E-state index in [-0.39, 0.29) is 17.6 Å². The molecule has 1 atom stereocenters. The van der Waals surface area contributed by atoms with E-state index in [1.165, 1.54) is 17.0 Å². The zero-order valence-corrected chi connectivity index (χ0v) is 19.4. The first kappa shape index (κ1) is 27.2. The van der Waals surface area contributed by atoms with Crippen molar-refractivity contribution in [3.05, 3.63) is 52.6 Å². The number of amides is 3. The van der Waals surface area contributed by atoms with Crippen LogP contribution in [0.25, 0.3) is 0 Å². The summed E-state index contributed by atoms with van der Waals surface area (Å²) in [4.78, 5) is 26.5. The van der Waals surface area contributed by atoms with Crippen LogP contribution in [-0.4, -0.2) is 41.7 Å². The average Bonchev–Trinajstić information content (AvgIpc) is 2.72. The Morgan fingerprint density at radius 3 is 2.26 bits per heavy atom. The van der Waals surface area contributed by atoms with Crippen molar-refractivity contribution in [2.45, 2.75) is 46.0 Å². The molecule has 0 saturated heterocycles. The molecular formula is C22H23ClF5N3O3. The molecule has 2 aromatic carbocycles. The van der Waals surface area contributed by atoms with E-state index in [9.17, 15) is 31.5 Å². The molecule has 0 aromatic heterocycles. The number of nitrogens with zero attached hydrogens (tertiary/aromatic N) is 1. The molecular weight excluding hydrogens is 485 g/mol. The highest BCUT2D eigenvalue weighted by molar-refractivity contribution is 6.34. The standard InChI is InChI=1S/C22H23ClF5N3O3/c1-5-31(11(2)3)21(33)29-17-10-18(34-12(4)22(26,27)28)13(9-16(17)25)20(32)30-19-14(23)7-6-8-15(19)24/h6-12H,5H2,1-4H3,(H,29,33)(H,30,32)/t12-/m0/s1. The van der Waals surface area contributed by atoms with Crippen LogP contribution in [0, 0.1) is 11.6 Å². The van der Waals surface area contributed by atoms with Gasteiger partial charge in [0.2, 0.25) is 0 Å². The van der Waals surface area contributed by atoms with Gasteiger partial charge in [-0.3, -0.25) is 4.79 Å². The van der Waals surface area contributed by atoms with Crippen LogP contribution in [0.5, 0.6) is 5.75 Å². The van der Waals surface area contributed by atoms with Crippen molar-refractivity contribution in [3.8, 4) is 5.75 Å². The van der Waals surface area contributed by atoms with Crippen LogP contribution in [-0.2, 0) is 0 Å². The van der Waals surface area contributed by atoms with Gasteiger partial charge in [0.05, 0.1) is 22.0 Å². The monoisotopic (exact) mass is 507 g/mol. The molecule has 0 radical (unpaired) electrons. The molecule has 0 heterocycles. The first-order valence-corrected chi connectivity index (χ1v) is 10.5. The number of alkyl halides is 3. The van der Waals surface area contributed by atoms with E-state index in [2.05, 4.69) is 10.6 Å². The van der Waals surface area contributed by atoms with Gasteiger partial charge in [0.25, 0.3) is 5.91 Å². The minimum Gasteiger partial charge on any atom is -0.480 e.